The van der Waals surface area contributed by atoms with Crippen molar-refractivity contribution in [1.29, 1.82) is 0 Å². The highest BCUT2D eigenvalue weighted by molar-refractivity contribution is 5.74. The molecule has 0 amide bonds. The molecule has 3 aromatic rings. The molecule has 0 spiro atoms. The summed E-state index contributed by atoms with van der Waals surface area (Å²) < 4.78 is 10.0. The van der Waals surface area contributed by atoms with E-state index in [1.807, 2.05) is 31.2 Å². The predicted octanol–water partition coefficient (Wildman–Crippen LogP) is 0.324. The van der Waals surface area contributed by atoms with E-state index in [-0.39, 0.29) is 13.2 Å². The number of likely N-dealkylation sites (N-methyl/N-ethyl adjacent to an activating group) is 1. The average molecular weight is 457 g/mol. The number of aliphatic hydroxyl groups excluding tert-OH is 1. The lowest BCUT2D eigenvalue weighted by atomic mass is 10.2. The van der Waals surface area contributed by atoms with Gasteiger partial charge in [0.1, 0.15) is 18.5 Å². The number of benzene rings is 1. The summed E-state index contributed by atoms with van der Waals surface area (Å²) in [7, 11) is 3.07. The Bertz CT molecular complexity index is 1250. The second-order valence-corrected chi connectivity index (χ2v) is 8.55. The zero-order valence-corrected chi connectivity index (χ0v) is 19.7. The number of ether oxygens (including phenoxy) is 1. The summed E-state index contributed by atoms with van der Waals surface area (Å²) in [6.45, 7) is 8.53. The fourth-order valence-corrected chi connectivity index (χ4v) is 4.28. The van der Waals surface area contributed by atoms with E-state index in [1.165, 1.54) is 11.6 Å². The molecule has 4 rings (SSSR count). The van der Waals surface area contributed by atoms with Crippen molar-refractivity contribution in [2.45, 2.75) is 26.5 Å². The van der Waals surface area contributed by atoms with Crippen LogP contribution in [0.1, 0.15) is 12.5 Å². The highest BCUT2D eigenvalue weighted by atomic mass is 16.5. The summed E-state index contributed by atoms with van der Waals surface area (Å²) in [6, 6.07) is 7.62. The summed E-state index contributed by atoms with van der Waals surface area (Å²) in [4.78, 5) is 34.7. The molecule has 2 aromatic heterocycles. The molecule has 1 aromatic carbocycles. The summed E-state index contributed by atoms with van der Waals surface area (Å²) in [5.74, 6) is 1.30. The molecule has 10 heteroatoms. The third-order valence-corrected chi connectivity index (χ3v) is 6.35. The minimum Gasteiger partial charge on any atom is -0.491 e. The molecule has 10 nitrogen and oxygen atoms in total. The molecule has 33 heavy (non-hydrogen) atoms. The Morgan fingerprint density at radius 3 is 2.45 bits per heavy atom. The highest BCUT2D eigenvalue weighted by Gasteiger charge is 2.26. The van der Waals surface area contributed by atoms with Gasteiger partial charge in [-0.05, 0) is 25.1 Å². The fraction of sp³-hybridized carbons (Fsp3) is 0.522. The maximum Gasteiger partial charge on any atom is 0.332 e. The molecule has 0 bridgehead atoms. The molecule has 1 aliphatic heterocycles. The van der Waals surface area contributed by atoms with Gasteiger partial charge in [-0.2, -0.15) is 4.98 Å². The van der Waals surface area contributed by atoms with Crippen LogP contribution in [0.5, 0.6) is 5.75 Å². The summed E-state index contributed by atoms with van der Waals surface area (Å²) in [5, 5.41) is 10.8. The van der Waals surface area contributed by atoms with Crippen LogP contribution in [0.3, 0.4) is 0 Å². The number of piperazine rings is 1. The number of para-hydroxylation sites is 1. The lowest BCUT2D eigenvalue weighted by Crippen LogP contribution is -2.47. The zero-order valence-electron chi connectivity index (χ0n) is 19.7. The second-order valence-electron chi connectivity index (χ2n) is 8.55. The van der Waals surface area contributed by atoms with E-state index < -0.39 is 17.4 Å². The number of imidazole rings is 1. The van der Waals surface area contributed by atoms with Crippen molar-refractivity contribution in [2.75, 3.05) is 44.2 Å². The normalized spacial score (nSPS) is 15.8. The van der Waals surface area contributed by atoms with Gasteiger partial charge in [-0.25, -0.2) is 4.79 Å². The first-order valence-electron chi connectivity index (χ1n) is 11.3. The van der Waals surface area contributed by atoms with Gasteiger partial charge >= 0.3 is 5.69 Å². The molecular formula is C23H32N6O4. The van der Waals surface area contributed by atoms with E-state index in [9.17, 15) is 14.7 Å². The Morgan fingerprint density at radius 1 is 1.09 bits per heavy atom. The highest BCUT2D eigenvalue weighted by Crippen LogP contribution is 2.22. The van der Waals surface area contributed by atoms with Crippen LogP contribution in [0, 0.1) is 6.92 Å². The van der Waals surface area contributed by atoms with Crippen LogP contribution in [-0.4, -0.2) is 74.1 Å². The van der Waals surface area contributed by atoms with Crippen LogP contribution >= 0.6 is 0 Å². The van der Waals surface area contributed by atoms with E-state index in [4.69, 9.17) is 9.72 Å². The summed E-state index contributed by atoms with van der Waals surface area (Å²) in [6.07, 6.45) is -0.875. The van der Waals surface area contributed by atoms with Crippen LogP contribution in [-0.2, 0) is 20.6 Å². The van der Waals surface area contributed by atoms with Crippen molar-refractivity contribution in [3.05, 3.63) is 50.7 Å². The van der Waals surface area contributed by atoms with Crippen molar-refractivity contribution in [2.24, 2.45) is 14.1 Å². The maximum atomic E-state index is 13.1. The van der Waals surface area contributed by atoms with E-state index >= 15 is 0 Å². The van der Waals surface area contributed by atoms with Gasteiger partial charge in [-0.3, -0.25) is 13.9 Å². The van der Waals surface area contributed by atoms with Gasteiger partial charge in [0.2, 0.25) is 5.95 Å². The SMILES string of the molecule is CCN1CCN(c2nc3c(c(=O)n(C)c(=O)n3C)n2CC(O)COc2ccccc2C)CC1. The van der Waals surface area contributed by atoms with Crippen molar-refractivity contribution in [3.63, 3.8) is 0 Å². The lowest BCUT2D eigenvalue weighted by Gasteiger charge is -2.35. The van der Waals surface area contributed by atoms with Crippen LogP contribution in [0.4, 0.5) is 5.95 Å². The molecule has 3 heterocycles. The standard InChI is InChI=1S/C23H32N6O4/c1-5-27-10-12-28(13-11-27)22-24-20-19(21(31)26(4)23(32)25(20)3)29(22)14-17(30)15-33-18-9-7-6-8-16(18)2/h6-9,17,30H,5,10-15H2,1-4H3. The van der Waals surface area contributed by atoms with Crippen LogP contribution in [0.25, 0.3) is 11.2 Å². The van der Waals surface area contributed by atoms with E-state index in [0.717, 1.165) is 42.9 Å². The van der Waals surface area contributed by atoms with Gasteiger partial charge in [0.25, 0.3) is 5.56 Å². The largest absolute Gasteiger partial charge is 0.491 e. The minimum atomic E-state index is -0.875. The zero-order chi connectivity index (χ0) is 23.7. The summed E-state index contributed by atoms with van der Waals surface area (Å²) in [5.41, 5.74) is 0.760. The first-order valence-corrected chi connectivity index (χ1v) is 11.3. The Balaban J connectivity index is 1.69. The van der Waals surface area contributed by atoms with Gasteiger partial charge in [0.05, 0.1) is 6.54 Å². The van der Waals surface area contributed by atoms with Gasteiger partial charge in [-0.15, -0.1) is 0 Å². The van der Waals surface area contributed by atoms with Gasteiger partial charge in [0, 0.05) is 40.3 Å². The molecule has 1 aliphatic rings. The van der Waals surface area contributed by atoms with Gasteiger partial charge < -0.3 is 24.2 Å². The Kier molecular flexibility index (Phi) is 6.57. The van der Waals surface area contributed by atoms with E-state index in [0.29, 0.717) is 22.9 Å². The first kappa shape index (κ1) is 23.1. The molecule has 1 fully saturated rings. The summed E-state index contributed by atoms with van der Waals surface area (Å²) >= 11 is 0. The predicted molar refractivity (Wildman–Crippen MR) is 127 cm³/mol. The number of aromatic nitrogens is 4. The Labute approximate surface area is 192 Å². The monoisotopic (exact) mass is 456 g/mol. The number of hydrogen-bond donors (Lipinski definition) is 1. The number of aliphatic hydroxyl groups is 1. The van der Waals surface area contributed by atoms with Gasteiger partial charge in [0.15, 0.2) is 11.2 Å². The molecule has 178 valence electrons. The minimum absolute atomic E-state index is 0.0691. The third-order valence-electron chi connectivity index (χ3n) is 6.35. The van der Waals surface area contributed by atoms with E-state index in [2.05, 4.69) is 16.7 Å². The fourth-order valence-electron chi connectivity index (χ4n) is 4.28. The Morgan fingerprint density at radius 2 is 1.79 bits per heavy atom. The molecular weight excluding hydrogens is 424 g/mol. The molecule has 1 saturated heterocycles. The maximum absolute atomic E-state index is 13.1. The molecule has 1 atom stereocenters. The van der Waals surface area contributed by atoms with Crippen molar-refractivity contribution in [1.82, 2.24) is 23.6 Å². The van der Waals surface area contributed by atoms with Crippen molar-refractivity contribution in [3.8, 4) is 5.75 Å². The number of rotatable bonds is 7. The third kappa shape index (κ3) is 4.40. The molecule has 0 aliphatic carbocycles. The first-order chi connectivity index (χ1) is 15.8. The second kappa shape index (κ2) is 9.40. The molecule has 0 saturated carbocycles. The van der Waals surface area contributed by atoms with Crippen LogP contribution in [0.2, 0.25) is 0 Å². The van der Waals surface area contributed by atoms with Crippen molar-refractivity contribution >= 4 is 17.1 Å². The van der Waals surface area contributed by atoms with Crippen molar-refractivity contribution < 1.29 is 9.84 Å². The molecule has 1 N–H and O–H groups in total. The topological polar surface area (TPSA) is 97.8 Å². The van der Waals surface area contributed by atoms with Crippen LogP contribution in [0.15, 0.2) is 33.9 Å². The number of nitrogens with zero attached hydrogens (tertiary/aromatic N) is 6. The lowest BCUT2D eigenvalue weighted by molar-refractivity contribution is 0.0932. The number of aryl methyl sites for hydroxylation is 2. The molecule has 0 radical (unpaired) electrons. The van der Waals surface area contributed by atoms with E-state index in [1.54, 1.807) is 11.6 Å². The Hall–Kier alpha value is -3.11. The smallest absolute Gasteiger partial charge is 0.332 e. The number of anilines is 1. The average Bonchev–Trinajstić information content (AvgIpc) is 3.20. The number of fused-ring (bicyclic) bond motifs is 1. The van der Waals surface area contributed by atoms with Gasteiger partial charge in [-0.1, -0.05) is 25.1 Å². The quantitative estimate of drug-likeness (QED) is 0.547. The van der Waals surface area contributed by atoms with Crippen LogP contribution < -0.4 is 20.9 Å². The number of hydrogen-bond acceptors (Lipinski definition) is 7. The molecule has 1 unspecified atom stereocenters.